The fourth-order valence-electron chi connectivity index (χ4n) is 1.96. The summed E-state index contributed by atoms with van der Waals surface area (Å²) >= 11 is 3.47. The van der Waals surface area contributed by atoms with Crippen LogP contribution in [0.1, 0.15) is 21.5 Å². The van der Waals surface area contributed by atoms with E-state index in [0.717, 1.165) is 15.6 Å². The number of halogens is 1. The Bertz CT molecular complexity index is 688. The highest BCUT2D eigenvalue weighted by Gasteiger charge is 2.10. The minimum Gasteiger partial charge on any atom is -0.322 e. The molecule has 1 amide bonds. The number of rotatable bonds is 3. The zero-order valence-electron chi connectivity index (χ0n) is 11.5. The molecule has 0 saturated heterocycles. The van der Waals surface area contributed by atoms with Gasteiger partial charge < -0.3 is 5.32 Å². The first-order valence-electron chi connectivity index (χ1n) is 6.21. The highest BCUT2D eigenvalue weighted by atomic mass is 79.9. The fraction of sp³-hybridized carbons (Fsp3) is 0.133. The number of non-ortho nitro benzene ring substituents is 1. The number of nitrogens with zero attached hydrogens (tertiary/aromatic N) is 1. The van der Waals surface area contributed by atoms with Gasteiger partial charge in [0.05, 0.1) is 4.92 Å². The standard InChI is InChI=1S/C15H13BrN2O3/c1-9-7-12(8-10(2)14(9)16)17-15(19)11-3-5-13(6-4-11)18(20)21/h3-8H,1-2H3,(H,17,19). The van der Waals surface area contributed by atoms with Crippen LogP contribution < -0.4 is 5.32 Å². The molecule has 0 spiro atoms. The van der Waals surface area contributed by atoms with Gasteiger partial charge in [-0.15, -0.1) is 0 Å². The summed E-state index contributed by atoms with van der Waals surface area (Å²) in [7, 11) is 0. The van der Waals surface area contributed by atoms with Gasteiger partial charge in [-0.25, -0.2) is 0 Å². The smallest absolute Gasteiger partial charge is 0.269 e. The van der Waals surface area contributed by atoms with E-state index in [2.05, 4.69) is 21.2 Å². The molecule has 0 fully saturated rings. The Kier molecular flexibility index (Phi) is 4.37. The zero-order valence-corrected chi connectivity index (χ0v) is 13.1. The van der Waals surface area contributed by atoms with Gasteiger partial charge >= 0.3 is 0 Å². The highest BCUT2D eigenvalue weighted by Crippen LogP contribution is 2.25. The van der Waals surface area contributed by atoms with Gasteiger partial charge in [-0.1, -0.05) is 15.9 Å². The van der Waals surface area contributed by atoms with Crippen molar-refractivity contribution >= 4 is 33.2 Å². The van der Waals surface area contributed by atoms with Crippen LogP contribution in [0.2, 0.25) is 0 Å². The molecular formula is C15H13BrN2O3. The Hall–Kier alpha value is -2.21. The van der Waals surface area contributed by atoms with Crippen LogP contribution in [-0.2, 0) is 0 Å². The summed E-state index contributed by atoms with van der Waals surface area (Å²) in [5.41, 5.74) is 3.07. The summed E-state index contributed by atoms with van der Waals surface area (Å²) in [6.45, 7) is 3.89. The van der Waals surface area contributed by atoms with E-state index < -0.39 is 4.92 Å². The number of anilines is 1. The van der Waals surface area contributed by atoms with E-state index in [1.165, 1.54) is 24.3 Å². The molecule has 0 aromatic heterocycles. The lowest BCUT2D eigenvalue weighted by Crippen LogP contribution is -2.12. The lowest BCUT2D eigenvalue weighted by Gasteiger charge is -2.09. The number of aryl methyl sites for hydroxylation is 2. The van der Waals surface area contributed by atoms with E-state index in [-0.39, 0.29) is 11.6 Å². The molecule has 0 unspecified atom stereocenters. The van der Waals surface area contributed by atoms with E-state index in [4.69, 9.17) is 0 Å². The van der Waals surface area contributed by atoms with Gasteiger partial charge in [-0.3, -0.25) is 14.9 Å². The van der Waals surface area contributed by atoms with Gasteiger partial charge in [-0.2, -0.15) is 0 Å². The van der Waals surface area contributed by atoms with Crippen LogP contribution in [0, 0.1) is 24.0 Å². The molecule has 108 valence electrons. The summed E-state index contributed by atoms with van der Waals surface area (Å²) in [4.78, 5) is 22.2. The molecule has 0 aliphatic carbocycles. The van der Waals surface area contributed by atoms with E-state index in [1.807, 2.05) is 26.0 Å². The lowest BCUT2D eigenvalue weighted by molar-refractivity contribution is -0.384. The number of hydrogen-bond donors (Lipinski definition) is 1. The monoisotopic (exact) mass is 348 g/mol. The van der Waals surface area contributed by atoms with Crippen molar-refractivity contribution in [3.05, 3.63) is 67.7 Å². The molecule has 0 heterocycles. The first-order valence-corrected chi connectivity index (χ1v) is 7.00. The number of nitro benzene ring substituents is 1. The molecule has 0 radical (unpaired) electrons. The van der Waals surface area contributed by atoms with Gasteiger partial charge in [0.15, 0.2) is 0 Å². The number of nitrogens with one attached hydrogen (secondary N) is 1. The molecule has 1 N–H and O–H groups in total. The second-order valence-electron chi connectivity index (χ2n) is 4.68. The first-order chi connectivity index (χ1) is 9.88. The molecule has 0 aliphatic rings. The minimum absolute atomic E-state index is 0.0399. The van der Waals surface area contributed by atoms with Crippen molar-refractivity contribution in [1.29, 1.82) is 0 Å². The molecule has 0 bridgehead atoms. The number of hydrogen-bond acceptors (Lipinski definition) is 3. The third-order valence-electron chi connectivity index (χ3n) is 3.03. The minimum atomic E-state index is -0.497. The SMILES string of the molecule is Cc1cc(NC(=O)c2ccc([N+](=O)[O-])cc2)cc(C)c1Br. The third kappa shape index (κ3) is 3.46. The summed E-state index contributed by atoms with van der Waals surface area (Å²) in [6.07, 6.45) is 0. The van der Waals surface area contributed by atoms with Gasteiger partial charge in [0, 0.05) is 27.9 Å². The normalized spacial score (nSPS) is 10.2. The van der Waals surface area contributed by atoms with Crippen LogP contribution in [-0.4, -0.2) is 10.8 Å². The van der Waals surface area contributed by atoms with E-state index in [0.29, 0.717) is 11.3 Å². The van der Waals surface area contributed by atoms with Crippen LogP contribution >= 0.6 is 15.9 Å². The van der Waals surface area contributed by atoms with E-state index >= 15 is 0 Å². The number of amides is 1. The Balaban J connectivity index is 2.20. The van der Waals surface area contributed by atoms with Crippen molar-refractivity contribution in [3.8, 4) is 0 Å². The van der Waals surface area contributed by atoms with Crippen LogP contribution in [0.25, 0.3) is 0 Å². The lowest BCUT2D eigenvalue weighted by atomic mass is 10.1. The van der Waals surface area contributed by atoms with Gasteiger partial charge in [-0.05, 0) is 49.2 Å². The van der Waals surface area contributed by atoms with Crippen molar-refractivity contribution in [3.63, 3.8) is 0 Å². The van der Waals surface area contributed by atoms with Crippen molar-refractivity contribution in [1.82, 2.24) is 0 Å². The first kappa shape index (κ1) is 15.2. The molecule has 2 aromatic carbocycles. The van der Waals surface area contributed by atoms with Crippen molar-refractivity contribution < 1.29 is 9.72 Å². The van der Waals surface area contributed by atoms with Crippen LogP contribution in [0.5, 0.6) is 0 Å². The number of nitro groups is 1. The maximum Gasteiger partial charge on any atom is 0.269 e. The van der Waals surface area contributed by atoms with Crippen LogP contribution in [0.4, 0.5) is 11.4 Å². The molecule has 2 rings (SSSR count). The largest absolute Gasteiger partial charge is 0.322 e. The highest BCUT2D eigenvalue weighted by molar-refractivity contribution is 9.10. The van der Waals surface area contributed by atoms with Gasteiger partial charge in [0.25, 0.3) is 11.6 Å². The second kappa shape index (κ2) is 6.05. The van der Waals surface area contributed by atoms with Crippen LogP contribution in [0.15, 0.2) is 40.9 Å². The average Bonchev–Trinajstić information content (AvgIpc) is 2.44. The fourth-order valence-corrected chi connectivity index (χ4v) is 2.18. The Morgan fingerprint density at radius 3 is 2.14 bits per heavy atom. The molecular weight excluding hydrogens is 336 g/mol. The van der Waals surface area contributed by atoms with Crippen LogP contribution in [0.3, 0.4) is 0 Å². The van der Waals surface area contributed by atoms with E-state index in [9.17, 15) is 14.9 Å². The molecule has 0 saturated carbocycles. The maximum absolute atomic E-state index is 12.1. The molecule has 0 aliphatic heterocycles. The average molecular weight is 349 g/mol. The third-order valence-corrected chi connectivity index (χ3v) is 4.29. The molecule has 0 atom stereocenters. The molecule has 21 heavy (non-hydrogen) atoms. The number of carbonyl (C=O) groups is 1. The predicted octanol–water partition coefficient (Wildman–Crippen LogP) is 4.23. The second-order valence-corrected chi connectivity index (χ2v) is 5.48. The Labute approximate surface area is 130 Å². The van der Waals surface area contributed by atoms with Crippen molar-refractivity contribution in [2.75, 3.05) is 5.32 Å². The summed E-state index contributed by atoms with van der Waals surface area (Å²) in [5, 5.41) is 13.4. The topological polar surface area (TPSA) is 72.2 Å². The summed E-state index contributed by atoms with van der Waals surface area (Å²) in [6, 6.07) is 9.22. The number of carbonyl (C=O) groups excluding carboxylic acids is 1. The molecule has 6 heteroatoms. The maximum atomic E-state index is 12.1. The van der Waals surface area contributed by atoms with Crippen molar-refractivity contribution in [2.24, 2.45) is 0 Å². The Morgan fingerprint density at radius 1 is 1.14 bits per heavy atom. The van der Waals surface area contributed by atoms with Crippen molar-refractivity contribution in [2.45, 2.75) is 13.8 Å². The van der Waals surface area contributed by atoms with E-state index in [1.54, 1.807) is 0 Å². The Morgan fingerprint density at radius 2 is 1.67 bits per heavy atom. The molecule has 2 aromatic rings. The van der Waals surface area contributed by atoms with Gasteiger partial charge in [0.2, 0.25) is 0 Å². The number of benzene rings is 2. The summed E-state index contributed by atoms with van der Waals surface area (Å²) < 4.78 is 1.01. The zero-order chi connectivity index (χ0) is 15.6. The predicted molar refractivity (Wildman–Crippen MR) is 84.7 cm³/mol. The summed E-state index contributed by atoms with van der Waals surface area (Å²) in [5.74, 6) is -0.300. The molecule has 5 nitrogen and oxygen atoms in total. The quantitative estimate of drug-likeness (QED) is 0.666. The van der Waals surface area contributed by atoms with Gasteiger partial charge in [0.1, 0.15) is 0 Å².